The molecule has 0 aliphatic heterocycles. The highest BCUT2D eigenvalue weighted by Gasteiger charge is 2.06. The Kier molecular flexibility index (Phi) is 3.53. The van der Waals surface area contributed by atoms with E-state index in [0.29, 0.717) is 12.1 Å². The first-order valence-electron chi connectivity index (χ1n) is 6.38. The van der Waals surface area contributed by atoms with Crippen LogP contribution in [0.25, 0.3) is 10.9 Å². The predicted molar refractivity (Wildman–Crippen MR) is 74.5 cm³/mol. The topological polar surface area (TPSA) is 17.0 Å². The molecule has 0 radical (unpaired) electrons. The maximum absolute atomic E-state index is 3.29. The van der Waals surface area contributed by atoms with E-state index in [1.54, 1.807) is 0 Å². The molecule has 1 heterocycles. The lowest BCUT2D eigenvalue weighted by molar-refractivity contribution is 0.607. The fraction of sp³-hybridized carbons (Fsp3) is 0.467. The van der Waals surface area contributed by atoms with Crippen molar-refractivity contribution >= 4 is 10.9 Å². The summed E-state index contributed by atoms with van der Waals surface area (Å²) in [6.45, 7) is 6.66. The summed E-state index contributed by atoms with van der Waals surface area (Å²) in [5, 5.41) is 4.62. The molecular formula is C15H22N2. The standard InChI is InChI=1S/C15H22N2/c1-11(2)17-8-7-14-6-5-13(10-15(14)17)9-12(3)16-4/h5-8,10-12,16H,9H2,1-4H3. The maximum atomic E-state index is 3.29. The summed E-state index contributed by atoms with van der Waals surface area (Å²) in [4.78, 5) is 0. The molecule has 1 aromatic heterocycles. The Morgan fingerprint density at radius 3 is 2.59 bits per heavy atom. The molecule has 0 saturated carbocycles. The van der Waals surface area contributed by atoms with Gasteiger partial charge in [0.05, 0.1) is 0 Å². The van der Waals surface area contributed by atoms with Crippen molar-refractivity contribution in [1.29, 1.82) is 0 Å². The Labute approximate surface area is 104 Å². The van der Waals surface area contributed by atoms with Gasteiger partial charge in [-0.25, -0.2) is 0 Å². The fourth-order valence-electron chi connectivity index (χ4n) is 2.23. The lowest BCUT2D eigenvalue weighted by Crippen LogP contribution is -2.23. The molecule has 2 nitrogen and oxygen atoms in total. The van der Waals surface area contributed by atoms with Gasteiger partial charge >= 0.3 is 0 Å². The molecular weight excluding hydrogens is 208 g/mol. The molecule has 1 unspecified atom stereocenters. The molecule has 17 heavy (non-hydrogen) atoms. The summed E-state index contributed by atoms with van der Waals surface area (Å²) in [6.07, 6.45) is 3.26. The Balaban J connectivity index is 2.37. The first-order chi connectivity index (χ1) is 8.11. The average molecular weight is 230 g/mol. The highest BCUT2D eigenvalue weighted by atomic mass is 15.0. The second-order valence-electron chi connectivity index (χ2n) is 5.10. The number of benzene rings is 1. The molecule has 2 aromatic rings. The number of rotatable bonds is 4. The van der Waals surface area contributed by atoms with E-state index in [4.69, 9.17) is 0 Å². The van der Waals surface area contributed by atoms with Crippen LogP contribution in [0.5, 0.6) is 0 Å². The third-order valence-electron chi connectivity index (χ3n) is 3.38. The van der Waals surface area contributed by atoms with E-state index < -0.39 is 0 Å². The summed E-state index contributed by atoms with van der Waals surface area (Å²) < 4.78 is 2.34. The Morgan fingerprint density at radius 2 is 1.94 bits per heavy atom. The Hall–Kier alpha value is -1.28. The van der Waals surface area contributed by atoms with Crippen LogP contribution >= 0.6 is 0 Å². The van der Waals surface area contributed by atoms with Crippen LogP contribution in [0.1, 0.15) is 32.4 Å². The van der Waals surface area contributed by atoms with Crippen molar-refractivity contribution in [3.8, 4) is 0 Å². The third-order valence-corrected chi connectivity index (χ3v) is 3.38. The van der Waals surface area contributed by atoms with Crippen molar-refractivity contribution in [1.82, 2.24) is 9.88 Å². The van der Waals surface area contributed by atoms with Gasteiger partial charge in [-0.05, 0) is 57.3 Å². The molecule has 0 bridgehead atoms. The molecule has 0 spiro atoms. The molecule has 0 aliphatic carbocycles. The van der Waals surface area contributed by atoms with Gasteiger partial charge in [-0.2, -0.15) is 0 Å². The van der Waals surface area contributed by atoms with E-state index >= 15 is 0 Å². The molecule has 0 saturated heterocycles. The van der Waals surface area contributed by atoms with E-state index in [-0.39, 0.29) is 0 Å². The largest absolute Gasteiger partial charge is 0.345 e. The molecule has 1 N–H and O–H groups in total. The molecule has 1 atom stereocenters. The van der Waals surface area contributed by atoms with Gasteiger partial charge in [0.2, 0.25) is 0 Å². The van der Waals surface area contributed by atoms with Crippen molar-refractivity contribution in [2.24, 2.45) is 0 Å². The SMILES string of the molecule is CNC(C)Cc1ccc2ccn(C(C)C)c2c1. The number of hydrogen-bond donors (Lipinski definition) is 1. The molecule has 0 aliphatic rings. The van der Waals surface area contributed by atoms with Crippen molar-refractivity contribution < 1.29 is 0 Å². The normalized spacial score (nSPS) is 13.5. The van der Waals surface area contributed by atoms with E-state index in [2.05, 4.69) is 61.1 Å². The first-order valence-corrected chi connectivity index (χ1v) is 6.38. The van der Waals surface area contributed by atoms with Crippen LogP contribution < -0.4 is 5.32 Å². The molecule has 2 rings (SSSR count). The van der Waals surface area contributed by atoms with Crippen LogP contribution in [0.4, 0.5) is 0 Å². The molecule has 0 amide bonds. The van der Waals surface area contributed by atoms with Crippen LogP contribution in [0.15, 0.2) is 30.5 Å². The molecule has 92 valence electrons. The number of nitrogens with one attached hydrogen (secondary N) is 1. The van der Waals surface area contributed by atoms with Gasteiger partial charge in [0, 0.05) is 23.8 Å². The molecule has 0 fully saturated rings. The zero-order chi connectivity index (χ0) is 12.4. The number of fused-ring (bicyclic) bond motifs is 1. The van der Waals surface area contributed by atoms with Gasteiger partial charge in [-0.1, -0.05) is 12.1 Å². The second kappa shape index (κ2) is 4.92. The fourth-order valence-corrected chi connectivity index (χ4v) is 2.23. The van der Waals surface area contributed by atoms with Crippen molar-refractivity contribution in [3.05, 3.63) is 36.0 Å². The van der Waals surface area contributed by atoms with Gasteiger partial charge in [0.1, 0.15) is 0 Å². The highest BCUT2D eigenvalue weighted by molar-refractivity contribution is 5.81. The van der Waals surface area contributed by atoms with E-state index in [1.807, 2.05) is 7.05 Å². The minimum Gasteiger partial charge on any atom is -0.345 e. The first kappa shape index (κ1) is 12.2. The minimum atomic E-state index is 0.518. The average Bonchev–Trinajstić information content (AvgIpc) is 2.71. The van der Waals surface area contributed by atoms with Crippen LogP contribution in [0, 0.1) is 0 Å². The second-order valence-corrected chi connectivity index (χ2v) is 5.10. The number of likely N-dealkylation sites (N-methyl/N-ethyl adjacent to an activating group) is 1. The molecule has 2 heteroatoms. The van der Waals surface area contributed by atoms with Crippen LogP contribution in [-0.2, 0) is 6.42 Å². The van der Waals surface area contributed by atoms with Crippen molar-refractivity contribution in [2.45, 2.75) is 39.3 Å². The van der Waals surface area contributed by atoms with E-state index in [9.17, 15) is 0 Å². The smallest absolute Gasteiger partial charge is 0.0485 e. The summed E-state index contributed by atoms with van der Waals surface area (Å²) in [5.41, 5.74) is 2.75. The van der Waals surface area contributed by atoms with E-state index in [0.717, 1.165) is 6.42 Å². The number of hydrogen-bond acceptors (Lipinski definition) is 1. The van der Waals surface area contributed by atoms with E-state index in [1.165, 1.54) is 16.5 Å². The zero-order valence-corrected chi connectivity index (χ0v) is 11.2. The maximum Gasteiger partial charge on any atom is 0.0485 e. The van der Waals surface area contributed by atoms with Crippen molar-refractivity contribution in [3.63, 3.8) is 0 Å². The number of nitrogens with zero attached hydrogens (tertiary/aromatic N) is 1. The third kappa shape index (κ3) is 2.52. The van der Waals surface area contributed by atoms with Gasteiger partial charge in [0.15, 0.2) is 0 Å². The van der Waals surface area contributed by atoms with Crippen LogP contribution in [-0.4, -0.2) is 17.7 Å². The lowest BCUT2D eigenvalue weighted by Gasteiger charge is -2.12. The highest BCUT2D eigenvalue weighted by Crippen LogP contribution is 2.21. The quantitative estimate of drug-likeness (QED) is 0.852. The zero-order valence-electron chi connectivity index (χ0n) is 11.2. The van der Waals surface area contributed by atoms with Crippen molar-refractivity contribution in [2.75, 3.05) is 7.05 Å². The van der Waals surface area contributed by atoms with Crippen LogP contribution in [0.3, 0.4) is 0 Å². The van der Waals surface area contributed by atoms with Gasteiger partial charge < -0.3 is 9.88 Å². The Morgan fingerprint density at radius 1 is 1.18 bits per heavy atom. The minimum absolute atomic E-state index is 0.518. The summed E-state index contributed by atoms with van der Waals surface area (Å²) in [6, 6.07) is 10.0. The Bertz CT molecular complexity index is 497. The summed E-state index contributed by atoms with van der Waals surface area (Å²) in [7, 11) is 2.01. The lowest BCUT2D eigenvalue weighted by atomic mass is 10.1. The number of aromatic nitrogens is 1. The van der Waals surface area contributed by atoms with Gasteiger partial charge in [0.25, 0.3) is 0 Å². The molecule has 1 aromatic carbocycles. The monoisotopic (exact) mass is 230 g/mol. The predicted octanol–water partition coefficient (Wildman–Crippen LogP) is 3.37. The van der Waals surface area contributed by atoms with Gasteiger partial charge in [-0.15, -0.1) is 0 Å². The summed E-state index contributed by atoms with van der Waals surface area (Å²) >= 11 is 0. The van der Waals surface area contributed by atoms with Gasteiger partial charge in [-0.3, -0.25) is 0 Å². The summed E-state index contributed by atoms with van der Waals surface area (Å²) in [5.74, 6) is 0. The van der Waals surface area contributed by atoms with Crippen LogP contribution in [0.2, 0.25) is 0 Å².